The van der Waals surface area contributed by atoms with E-state index >= 15 is 0 Å². The second-order valence-corrected chi connectivity index (χ2v) is 10.5. The van der Waals surface area contributed by atoms with Crippen molar-refractivity contribution in [3.63, 3.8) is 0 Å². The van der Waals surface area contributed by atoms with Crippen LogP contribution in [0.25, 0.3) is 0 Å². The maximum absolute atomic E-state index is 2.49. The Morgan fingerprint density at radius 1 is 0.900 bits per heavy atom. The maximum atomic E-state index is 2.49. The summed E-state index contributed by atoms with van der Waals surface area (Å²) in [6, 6.07) is 9.52. The molecule has 166 valence electrons. The lowest BCUT2D eigenvalue weighted by atomic mass is 9.82. The Morgan fingerprint density at radius 3 is 2.23 bits per heavy atom. The summed E-state index contributed by atoms with van der Waals surface area (Å²) >= 11 is 0. The SMILES string of the molecule is CC(C)=C/C=C(\C)CCC1C=CC(c2ccc(CCC(C)CCC(C)C)cc2)CC1. The molecule has 1 aromatic rings. The van der Waals surface area contributed by atoms with Crippen molar-refractivity contribution in [1.29, 1.82) is 0 Å². The highest BCUT2D eigenvalue weighted by Crippen LogP contribution is 2.33. The van der Waals surface area contributed by atoms with Gasteiger partial charge in [0.1, 0.15) is 0 Å². The van der Waals surface area contributed by atoms with Gasteiger partial charge in [0, 0.05) is 5.92 Å². The van der Waals surface area contributed by atoms with Gasteiger partial charge in [0.25, 0.3) is 0 Å². The molecule has 1 aliphatic carbocycles. The van der Waals surface area contributed by atoms with Crippen molar-refractivity contribution in [1.82, 2.24) is 0 Å². The number of benzene rings is 1. The molecule has 3 atom stereocenters. The molecule has 3 unspecified atom stereocenters. The summed E-state index contributed by atoms with van der Waals surface area (Å²) in [5, 5.41) is 0. The van der Waals surface area contributed by atoms with Crippen LogP contribution >= 0.6 is 0 Å². The smallest absolute Gasteiger partial charge is 0.00182 e. The van der Waals surface area contributed by atoms with E-state index < -0.39 is 0 Å². The molecule has 0 heterocycles. The van der Waals surface area contributed by atoms with Gasteiger partial charge in [-0.15, -0.1) is 0 Å². The Hall–Kier alpha value is -1.56. The molecule has 0 fully saturated rings. The van der Waals surface area contributed by atoms with Crippen molar-refractivity contribution < 1.29 is 0 Å². The molecule has 0 saturated carbocycles. The average molecular weight is 407 g/mol. The zero-order valence-electron chi connectivity index (χ0n) is 20.6. The van der Waals surface area contributed by atoms with Gasteiger partial charge in [-0.1, -0.05) is 93.3 Å². The molecule has 0 bridgehead atoms. The third-order valence-corrected chi connectivity index (χ3v) is 6.65. The van der Waals surface area contributed by atoms with E-state index in [9.17, 15) is 0 Å². The molecule has 1 aromatic carbocycles. The lowest BCUT2D eigenvalue weighted by molar-refractivity contribution is 0.428. The third-order valence-electron chi connectivity index (χ3n) is 6.65. The Labute approximate surface area is 187 Å². The molecule has 0 radical (unpaired) electrons. The van der Waals surface area contributed by atoms with E-state index in [0.717, 1.165) is 17.8 Å². The Bertz CT molecular complexity index is 694. The molecule has 2 rings (SSSR count). The van der Waals surface area contributed by atoms with Crippen LogP contribution in [0.3, 0.4) is 0 Å². The first-order valence-corrected chi connectivity index (χ1v) is 12.4. The molecule has 0 amide bonds. The lowest BCUT2D eigenvalue weighted by Gasteiger charge is -2.23. The van der Waals surface area contributed by atoms with E-state index in [1.807, 2.05) is 0 Å². The first-order valence-electron chi connectivity index (χ1n) is 12.4. The molecule has 0 aliphatic heterocycles. The molecular formula is C30H46. The minimum Gasteiger partial charge on any atom is -0.0848 e. The topological polar surface area (TPSA) is 0 Å². The summed E-state index contributed by atoms with van der Waals surface area (Å²) in [6.07, 6.45) is 19.9. The van der Waals surface area contributed by atoms with Crippen LogP contribution in [0.4, 0.5) is 0 Å². The molecule has 0 N–H and O–H groups in total. The molecule has 0 aromatic heterocycles. The number of hydrogen-bond donors (Lipinski definition) is 0. The van der Waals surface area contributed by atoms with Gasteiger partial charge in [0.2, 0.25) is 0 Å². The van der Waals surface area contributed by atoms with Gasteiger partial charge in [-0.3, -0.25) is 0 Å². The largest absolute Gasteiger partial charge is 0.0848 e. The van der Waals surface area contributed by atoms with E-state index in [-0.39, 0.29) is 0 Å². The minimum atomic E-state index is 0.613. The standard InChI is InChI=1S/C30H46/c1-23(2)7-9-25(5)11-13-27-15-19-29(20-16-27)30-21-17-28(18-22-30)14-12-26(6)10-8-24(3)4/h7,9,15,17-19,21-22,24,26-27,29H,8,10-14,16,20H2,1-6H3/b25-9+. The van der Waals surface area contributed by atoms with Crippen LogP contribution in [0, 0.1) is 17.8 Å². The summed E-state index contributed by atoms with van der Waals surface area (Å²) in [7, 11) is 0. The van der Waals surface area contributed by atoms with Crippen molar-refractivity contribution in [2.24, 2.45) is 17.8 Å². The van der Waals surface area contributed by atoms with Crippen molar-refractivity contribution >= 4 is 0 Å². The number of aryl methyl sites for hydroxylation is 1. The van der Waals surface area contributed by atoms with Crippen LogP contribution in [0.1, 0.15) is 104 Å². The molecule has 30 heavy (non-hydrogen) atoms. The van der Waals surface area contributed by atoms with Crippen LogP contribution in [0.15, 0.2) is 59.7 Å². The molecule has 0 saturated heterocycles. The number of rotatable bonds is 11. The summed E-state index contributed by atoms with van der Waals surface area (Å²) in [4.78, 5) is 0. The fraction of sp³-hybridized carbons (Fsp3) is 0.600. The highest BCUT2D eigenvalue weighted by atomic mass is 14.2. The minimum absolute atomic E-state index is 0.613. The van der Waals surface area contributed by atoms with Crippen LogP contribution in [-0.4, -0.2) is 0 Å². The van der Waals surface area contributed by atoms with E-state index in [4.69, 9.17) is 0 Å². The Kier molecular flexibility index (Phi) is 10.7. The monoisotopic (exact) mass is 406 g/mol. The fourth-order valence-electron chi connectivity index (χ4n) is 4.31. The quantitative estimate of drug-likeness (QED) is 0.253. The van der Waals surface area contributed by atoms with Gasteiger partial charge in [-0.2, -0.15) is 0 Å². The molecule has 0 spiro atoms. The normalized spacial score (nSPS) is 20.4. The predicted molar refractivity (Wildman–Crippen MR) is 135 cm³/mol. The zero-order chi connectivity index (χ0) is 21.9. The van der Waals surface area contributed by atoms with Gasteiger partial charge < -0.3 is 0 Å². The molecule has 0 heteroatoms. The molecular weight excluding hydrogens is 360 g/mol. The van der Waals surface area contributed by atoms with Gasteiger partial charge >= 0.3 is 0 Å². The van der Waals surface area contributed by atoms with Gasteiger partial charge in [-0.05, 0) is 88.2 Å². The maximum Gasteiger partial charge on any atom is 0.00182 e. The summed E-state index contributed by atoms with van der Waals surface area (Å²) in [5.41, 5.74) is 5.88. The van der Waals surface area contributed by atoms with Gasteiger partial charge in [0.15, 0.2) is 0 Å². The van der Waals surface area contributed by atoms with E-state index in [1.54, 1.807) is 0 Å². The third kappa shape index (κ3) is 9.50. The van der Waals surface area contributed by atoms with Crippen LogP contribution < -0.4 is 0 Å². The van der Waals surface area contributed by atoms with Crippen LogP contribution in [-0.2, 0) is 6.42 Å². The highest BCUT2D eigenvalue weighted by molar-refractivity contribution is 5.29. The Balaban J connectivity index is 1.77. The van der Waals surface area contributed by atoms with Crippen molar-refractivity contribution in [2.75, 3.05) is 0 Å². The second-order valence-electron chi connectivity index (χ2n) is 10.5. The van der Waals surface area contributed by atoms with Crippen molar-refractivity contribution in [2.45, 2.75) is 98.8 Å². The number of hydrogen-bond acceptors (Lipinski definition) is 0. The summed E-state index contributed by atoms with van der Waals surface area (Å²) in [6.45, 7) is 13.7. The average Bonchev–Trinajstić information content (AvgIpc) is 2.74. The van der Waals surface area contributed by atoms with E-state index in [0.29, 0.717) is 5.92 Å². The van der Waals surface area contributed by atoms with E-state index in [2.05, 4.69) is 90.1 Å². The van der Waals surface area contributed by atoms with Crippen molar-refractivity contribution in [3.8, 4) is 0 Å². The fourth-order valence-corrected chi connectivity index (χ4v) is 4.31. The first-order chi connectivity index (χ1) is 14.3. The number of allylic oxidation sites excluding steroid dienone is 6. The first kappa shape index (κ1) is 24.7. The lowest BCUT2D eigenvalue weighted by Crippen LogP contribution is -2.08. The van der Waals surface area contributed by atoms with E-state index in [1.165, 1.54) is 73.6 Å². The van der Waals surface area contributed by atoms with Crippen molar-refractivity contribution in [3.05, 3.63) is 70.8 Å². The second kappa shape index (κ2) is 13.0. The molecule has 1 aliphatic rings. The predicted octanol–water partition coefficient (Wildman–Crippen LogP) is 9.43. The van der Waals surface area contributed by atoms with Crippen LogP contribution in [0.5, 0.6) is 0 Å². The van der Waals surface area contributed by atoms with Crippen LogP contribution in [0.2, 0.25) is 0 Å². The Morgan fingerprint density at radius 2 is 1.63 bits per heavy atom. The summed E-state index contributed by atoms with van der Waals surface area (Å²) < 4.78 is 0. The molecule has 0 nitrogen and oxygen atoms in total. The summed E-state index contributed by atoms with van der Waals surface area (Å²) in [5.74, 6) is 3.04. The van der Waals surface area contributed by atoms with Gasteiger partial charge in [0.05, 0.1) is 0 Å². The van der Waals surface area contributed by atoms with Gasteiger partial charge in [-0.25, -0.2) is 0 Å². The highest BCUT2D eigenvalue weighted by Gasteiger charge is 2.17. The zero-order valence-corrected chi connectivity index (χ0v) is 20.6.